The first-order valence-corrected chi connectivity index (χ1v) is 20.2. The molecule has 6 aromatic carbocycles. The number of para-hydroxylation sites is 2. The lowest BCUT2D eigenvalue weighted by atomic mass is 10.0. The number of oxazole rings is 2. The van der Waals surface area contributed by atoms with Crippen LogP contribution in [0.25, 0.3) is 44.5 Å². The number of benzene rings is 6. The highest BCUT2D eigenvalue weighted by Crippen LogP contribution is 2.30. The largest absolute Gasteiger partial charge is 0.632 e. The molecule has 59 heavy (non-hydrogen) atoms. The Morgan fingerprint density at radius 1 is 0.508 bits per heavy atom. The fourth-order valence-electron chi connectivity index (χ4n) is 8.34. The van der Waals surface area contributed by atoms with Crippen molar-refractivity contribution in [3.8, 4) is 22.3 Å². The number of fused-ring (bicyclic) bond motifs is 2. The second-order valence-electron chi connectivity index (χ2n) is 15.4. The standard InChI is InChI=1S/C24H23N3O3.C24H23N3O2/c28-24-25-21-10-5-11-22(23(21)30-24)26-12-14-27(29,15-13-26)17-18-6-4-9-20(16-18)19-7-2-1-3-8-19;28-24-25-21-10-5-11-22(23(21)29-24)27-14-12-26(13-15-27)17-18-6-4-9-20(16-18)19-7-2-1-3-8-19/h1-11,16H,12-15,17H2,(H,25,28);1-11,16H,12-15,17H2,(H,25,28). The minimum atomic E-state index is -0.457. The number of piperazine rings is 2. The van der Waals surface area contributed by atoms with Gasteiger partial charge in [0.15, 0.2) is 11.2 Å². The Labute approximate surface area is 341 Å². The molecule has 0 amide bonds. The van der Waals surface area contributed by atoms with Crippen molar-refractivity contribution in [3.63, 3.8) is 0 Å². The van der Waals surface area contributed by atoms with Gasteiger partial charge in [-0.1, -0.05) is 109 Å². The molecule has 10 rings (SSSR count). The van der Waals surface area contributed by atoms with Crippen LogP contribution in [-0.4, -0.2) is 71.9 Å². The highest BCUT2D eigenvalue weighted by molar-refractivity contribution is 5.87. The van der Waals surface area contributed by atoms with Crippen molar-refractivity contribution in [2.24, 2.45) is 0 Å². The summed E-state index contributed by atoms with van der Waals surface area (Å²) in [5, 5.41) is 13.4. The molecule has 2 aromatic heterocycles. The first kappa shape index (κ1) is 37.9. The molecule has 11 heteroatoms. The zero-order chi connectivity index (χ0) is 40.2. The van der Waals surface area contributed by atoms with Crippen LogP contribution in [0.5, 0.6) is 0 Å². The molecule has 2 fully saturated rings. The van der Waals surface area contributed by atoms with Gasteiger partial charge in [0.1, 0.15) is 6.54 Å². The highest BCUT2D eigenvalue weighted by Gasteiger charge is 2.28. The number of H-pyrrole nitrogens is 2. The molecule has 2 N–H and O–H groups in total. The van der Waals surface area contributed by atoms with E-state index in [-0.39, 0.29) is 4.65 Å². The Hall–Kier alpha value is -6.66. The van der Waals surface area contributed by atoms with Gasteiger partial charge >= 0.3 is 11.5 Å². The van der Waals surface area contributed by atoms with E-state index in [2.05, 4.69) is 97.5 Å². The summed E-state index contributed by atoms with van der Waals surface area (Å²) in [7, 11) is 0. The lowest BCUT2D eigenvalue weighted by Gasteiger charge is -2.48. The summed E-state index contributed by atoms with van der Waals surface area (Å²) in [4.78, 5) is 35.5. The molecular weight excluding hydrogens is 741 g/mol. The van der Waals surface area contributed by atoms with Crippen LogP contribution in [-0.2, 0) is 13.1 Å². The first-order chi connectivity index (χ1) is 28.9. The van der Waals surface area contributed by atoms with Gasteiger partial charge in [0.2, 0.25) is 0 Å². The quantitative estimate of drug-likeness (QED) is 0.117. The smallest absolute Gasteiger partial charge is 0.417 e. The Balaban J connectivity index is 0.000000152. The second kappa shape index (κ2) is 16.7. The van der Waals surface area contributed by atoms with Crippen molar-refractivity contribution >= 4 is 33.6 Å². The van der Waals surface area contributed by atoms with Crippen LogP contribution in [0.15, 0.2) is 164 Å². The van der Waals surface area contributed by atoms with E-state index in [4.69, 9.17) is 8.83 Å². The zero-order valence-electron chi connectivity index (χ0n) is 32.8. The number of rotatable bonds is 8. The van der Waals surface area contributed by atoms with Crippen LogP contribution in [0.3, 0.4) is 0 Å². The average molecular weight is 787 g/mol. The summed E-state index contributed by atoms with van der Waals surface area (Å²) in [6.07, 6.45) is 0. The monoisotopic (exact) mass is 786 g/mol. The lowest BCUT2D eigenvalue weighted by Crippen LogP contribution is -2.55. The fraction of sp³-hybridized carbons (Fsp3) is 0.208. The molecule has 0 saturated carbocycles. The number of hydroxylamine groups is 3. The third kappa shape index (κ3) is 8.63. The molecule has 2 saturated heterocycles. The molecule has 0 bridgehead atoms. The first-order valence-electron chi connectivity index (χ1n) is 20.2. The fourth-order valence-corrected chi connectivity index (χ4v) is 8.34. The van der Waals surface area contributed by atoms with Gasteiger partial charge in [-0.05, 0) is 64.2 Å². The van der Waals surface area contributed by atoms with E-state index in [1.165, 1.54) is 16.7 Å². The minimum absolute atomic E-state index is 0.248. The number of quaternary nitrogens is 1. The number of nitrogens with one attached hydrogen (secondary N) is 2. The summed E-state index contributed by atoms with van der Waals surface area (Å²) >= 11 is 0. The number of anilines is 2. The van der Waals surface area contributed by atoms with Crippen LogP contribution >= 0.6 is 0 Å². The third-order valence-corrected chi connectivity index (χ3v) is 11.4. The van der Waals surface area contributed by atoms with Crippen molar-refractivity contribution in [2.45, 2.75) is 13.1 Å². The molecule has 0 atom stereocenters. The van der Waals surface area contributed by atoms with Gasteiger partial charge in [0.25, 0.3) is 0 Å². The molecule has 298 valence electrons. The van der Waals surface area contributed by atoms with Crippen LogP contribution in [0, 0.1) is 5.21 Å². The Kier molecular flexibility index (Phi) is 10.7. The molecule has 2 aliphatic heterocycles. The Morgan fingerprint density at radius 2 is 0.966 bits per heavy atom. The molecule has 8 aromatic rings. The topological polar surface area (TPSA) is 125 Å². The summed E-state index contributed by atoms with van der Waals surface area (Å²) in [5.74, 6) is -0.855. The van der Waals surface area contributed by atoms with Gasteiger partial charge in [-0.15, -0.1) is 0 Å². The van der Waals surface area contributed by atoms with Crippen LogP contribution < -0.4 is 21.3 Å². The molecule has 4 heterocycles. The van der Waals surface area contributed by atoms with Crippen molar-refractivity contribution in [3.05, 3.63) is 183 Å². The number of hydrogen-bond acceptors (Lipinski definition) is 8. The maximum atomic E-state index is 13.4. The molecule has 0 unspecified atom stereocenters. The summed E-state index contributed by atoms with van der Waals surface area (Å²) in [6.45, 7) is 7.38. The van der Waals surface area contributed by atoms with Gasteiger partial charge in [0.05, 0.1) is 48.6 Å². The Bertz CT molecular complexity index is 2780. The van der Waals surface area contributed by atoms with Crippen LogP contribution in [0.2, 0.25) is 0 Å². The van der Waals surface area contributed by atoms with Gasteiger partial charge in [0, 0.05) is 38.3 Å². The molecule has 0 radical (unpaired) electrons. The Morgan fingerprint density at radius 3 is 1.51 bits per heavy atom. The van der Waals surface area contributed by atoms with Gasteiger partial charge in [-0.2, -0.15) is 0 Å². The summed E-state index contributed by atoms with van der Waals surface area (Å²) < 4.78 is 10.4. The molecular formula is C48H46N6O5. The predicted molar refractivity (Wildman–Crippen MR) is 234 cm³/mol. The molecule has 2 aliphatic rings. The van der Waals surface area contributed by atoms with Gasteiger partial charge < -0.3 is 28.5 Å². The van der Waals surface area contributed by atoms with Gasteiger partial charge in [-0.25, -0.2) is 9.59 Å². The van der Waals surface area contributed by atoms with Gasteiger partial charge in [-0.3, -0.25) is 14.9 Å². The average Bonchev–Trinajstić information content (AvgIpc) is 3.86. The predicted octanol–water partition coefficient (Wildman–Crippen LogP) is 8.23. The van der Waals surface area contributed by atoms with E-state index in [0.717, 1.165) is 66.3 Å². The van der Waals surface area contributed by atoms with Crippen molar-refractivity contribution in [1.82, 2.24) is 14.9 Å². The normalized spacial score (nSPS) is 15.6. The summed E-state index contributed by atoms with van der Waals surface area (Å²) in [6, 6.07) is 49.3. The third-order valence-electron chi connectivity index (χ3n) is 11.4. The van der Waals surface area contributed by atoms with Crippen LogP contribution in [0.1, 0.15) is 11.1 Å². The van der Waals surface area contributed by atoms with Crippen LogP contribution in [0.4, 0.5) is 11.4 Å². The number of hydrogen-bond donors (Lipinski definition) is 2. The lowest BCUT2D eigenvalue weighted by molar-refractivity contribution is -0.894. The molecule has 0 aliphatic carbocycles. The number of nitrogens with zero attached hydrogens (tertiary/aromatic N) is 4. The second-order valence-corrected chi connectivity index (χ2v) is 15.4. The van der Waals surface area contributed by atoms with E-state index >= 15 is 0 Å². The van der Waals surface area contributed by atoms with Crippen molar-refractivity contribution < 1.29 is 13.5 Å². The van der Waals surface area contributed by atoms with E-state index < -0.39 is 11.5 Å². The maximum Gasteiger partial charge on any atom is 0.417 e. The zero-order valence-corrected chi connectivity index (χ0v) is 32.8. The summed E-state index contributed by atoms with van der Waals surface area (Å²) in [5.41, 5.74) is 11.7. The molecule has 0 spiro atoms. The highest BCUT2D eigenvalue weighted by atomic mass is 16.5. The van der Waals surface area contributed by atoms with E-state index in [0.29, 0.717) is 49.4 Å². The van der Waals surface area contributed by atoms with E-state index in [1.807, 2.05) is 72.8 Å². The number of aromatic nitrogens is 2. The number of aromatic amines is 2. The maximum absolute atomic E-state index is 13.4. The van der Waals surface area contributed by atoms with E-state index in [1.54, 1.807) is 0 Å². The molecule has 11 nitrogen and oxygen atoms in total. The van der Waals surface area contributed by atoms with Crippen molar-refractivity contribution in [2.75, 3.05) is 62.2 Å². The van der Waals surface area contributed by atoms with E-state index in [9.17, 15) is 14.8 Å². The SMILES string of the molecule is O=c1[nH]c2cccc(N3CCN(Cc4cccc(-c5ccccc5)c4)CC3)c2o1.O=c1[nH]c2cccc(N3CC[N+]([O-])(Cc4cccc(-c5ccccc5)c4)CC3)c2o1. The van der Waals surface area contributed by atoms with Crippen molar-refractivity contribution in [1.29, 1.82) is 0 Å². The minimum Gasteiger partial charge on any atom is -0.632 e.